The van der Waals surface area contributed by atoms with Crippen LogP contribution in [0.4, 0.5) is 0 Å². The van der Waals surface area contributed by atoms with E-state index in [-0.39, 0.29) is 0 Å². The molecule has 144 valence electrons. The molecule has 0 aliphatic rings. The topological polar surface area (TPSA) is 87.6 Å². The summed E-state index contributed by atoms with van der Waals surface area (Å²) in [6, 6.07) is 8.30. The standard InChI is InChI=1S/C19H22N2O6/c1-23-14-8-6-12(10-16(14)25-3)19(22)21-20-11-13-7-9-15(24-2)18(27-5)17(13)26-4/h6-11H,1-5H3,(H,21,22)/b20-11-. The van der Waals surface area contributed by atoms with E-state index in [1.54, 1.807) is 30.3 Å². The van der Waals surface area contributed by atoms with Crippen LogP contribution in [0.1, 0.15) is 15.9 Å². The number of carbonyl (C=O) groups excluding carboxylic acids is 1. The van der Waals surface area contributed by atoms with Gasteiger partial charge in [-0.15, -0.1) is 0 Å². The van der Waals surface area contributed by atoms with Crippen molar-refractivity contribution in [1.82, 2.24) is 5.43 Å². The van der Waals surface area contributed by atoms with Gasteiger partial charge in [-0.05, 0) is 30.3 Å². The fraction of sp³-hybridized carbons (Fsp3) is 0.263. The maximum absolute atomic E-state index is 12.3. The van der Waals surface area contributed by atoms with Crippen LogP contribution in [-0.4, -0.2) is 47.7 Å². The van der Waals surface area contributed by atoms with E-state index in [1.165, 1.54) is 41.8 Å². The Kier molecular flexibility index (Phi) is 6.87. The van der Waals surface area contributed by atoms with Gasteiger partial charge >= 0.3 is 0 Å². The Labute approximate surface area is 157 Å². The van der Waals surface area contributed by atoms with Crippen LogP contribution in [0.25, 0.3) is 0 Å². The number of hydrogen-bond acceptors (Lipinski definition) is 7. The molecule has 2 rings (SSSR count). The molecule has 0 atom stereocenters. The molecule has 1 amide bonds. The van der Waals surface area contributed by atoms with Gasteiger partial charge in [-0.2, -0.15) is 5.10 Å². The maximum atomic E-state index is 12.3. The van der Waals surface area contributed by atoms with Gasteiger partial charge in [-0.1, -0.05) is 0 Å². The summed E-state index contributed by atoms with van der Waals surface area (Å²) in [5.74, 6) is 2.01. The third-order valence-electron chi connectivity index (χ3n) is 3.75. The van der Waals surface area contributed by atoms with Crippen molar-refractivity contribution >= 4 is 12.1 Å². The van der Waals surface area contributed by atoms with Crippen LogP contribution in [0.3, 0.4) is 0 Å². The minimum atomic E-state index is -0.397. The molecule has 8 heteroatoms. The summed E-state index contributed by atoms with van der Waals surface area (Å²) in [5.41, 5.74) is 3.45. The summed E-state index contributed by atoms with van der Waals surface area (Å²) >= 11 is 0. The molecular weight excluding hydrogens is 352 g/mol. The quantitative estimate of drug-likeness (QED) is 0.564. The van der Waals surface area contributed by atoms with Crippen LogP contribution in [-0.2, 0) is 0 Å². The first-order chi connectivity index (χ1) is 13.1. The minimum Gasteiger partial charge on any atom is -0.493 e. The molecule has 0 saturated carbocycles. The van der Waals surface area contributed by atoms with Crippen molar-refractivity contribution in [1.29, 1.82) is 0 Å². The van der Waals surface area contributed by atoms with Gasteiger partial charge in [0.1, 0.15) is 0 Å². The summed E-state index contributed by atoms with van der Waals surface area (Å²) in [4.78, 5) is 12.3. The molecule has 0 aromatic heterocycles. The first-order valence-corrected chi connectivity index (χ1v) is 7.94. The van der Waals surface area contributed by atoms with E-state index < -0.39 is 5.91 Å². The summed E-state index contributed by atoms with van der Waals surface area (Å²) in [6.45, 7) is 0. The van der Waals surface area contributed by atoms with Gasteiger partial charge in [0.2, 0.25) is 5.75 Å². The molecule has 27 heavy (non-hydrogen) atoms. The van der Waals surface area contributed by atoms with Gasteiger partial charge in [0, 0.05) is 11.1 Å². The van der Waals surface area contributed by atoms with Crippen LogP contribution >= 0.6 is 0 Å². The molecule has 8 nitrogen and oxygen atoms in total. The van der Waals surface area contributed by atoms with Gasteiger partial charge in [-0.25, -0.2) is 5.43 Å². The third-order valence-corrected chi connectivity index (χ3v) is 3.75. The Balaban J connectivity index is 2.19. The summed E-state index contributed by atoms with van der Waals surface area (Å²) < 4.78 is 26.3. The Morgan fingerprint density at radius 2 is 1.44 bits per heavy atom. The van der Waals surface area contributed by atoms with Gasteiger partial charge in [0.15, 0.2) is 23.0 Å². The molecule has 2 aromatic carbocycles. The Hall–Kier alpha value is -3.42. The van der Waals surface area contributed by atoms with E-state index in [0.717, 1.165) is 0 Å². The molecular formula is C19H22N2O6. The van der Waals surface area contributed by atoms with Gasteiger partial charge in [-0.3, -0.25) is 4.79 Å². The van der Waals surface area contributed by atoms with Crippen LogP contribution in [0.5, 0.6) is 28.7 Å². The first-order valence-electron chi connectivity index (χ1n) is 7.94. The Bertz CT molecular complexity index is 835. The van der Waals surface area contributed by atoms with Crippen LogP contribution in [0.2, 0.25) is 0 Å². The lowest BCUT2D eigenvalue weighted by atomic mass is 10.2. The molecule has 0 aliphatic carbocycles. The van der Waals surface area contributed by atoms with Crippen molar-refractivity contribution in [2.75, 3.05) is 35.5 Å². The van der Waals surface area contributed by atoms with E-state index in [0.29, 0.717) is 39.9 Å². The predicted molar refractivity (Wildman–Crippen MR) is 101 cm³/mol. The second-order valence-electron chi connectivity index (χ2n) is 5.19. The van der Waals surface area contributed by atoms with Crippen molar-refractivity contribution < 1.29 is 28.5 Å². The van der Waals surface area contributed by atoms with Gasteiger partial charge in [0.25, 0.3) is 5.91 Å². The van der Waals surface area contributed by atoms with E-state index >= 15 is 0 Å². The third kappa shape index (κ3) is 4.41. The average Bonchev–Trinajstić information content (AvgIpc) is 2.72. The zero-order valence-electron chi connectivity index (χ0n) is 15.9. The summed E-state index contributed by atoms with van der Waals surface area (Å²) in [5, 5.41) is 3.98. The molecule has 0 fully saturated rings. The zero-order valence-corrected chi connectivity index (χ0v) is 15.9. The Morgan fingerprint density at radius 1 is 0.815 bits per heavy atom. The molecule has 0 bridgehead atoms. The zero-order chi connectivity index (χ0) is 19.8. The summed E-state index contributed by atoms with van der Waals surface area (Å²) in [7, 11) is 7.59. The fourth-order valence-corrected chi connectivity index (χ4v) is 2.43. The number of ether oxygens (including phenoxy) is 5. The SMILES string of the molecule is COc1ccc(C(=O)N/N=C\c2ccc(OC)c(OC)c2OC)cc1OC. The lowest BCUT2D eigenvalue weighted by Gasteiger charge is -2.13. The largest absolute Gasteiger partial charge is 0.493 e. The molecule has 0 heterocycles. The number of methoxy groups -OCH3 is 5. The number of hydrazone groups is 1. The number of benzene rings is 2. The number of rotatable bonds is 8. The van der Waals surface area contributed by atoms with Crippen molar-refractivity contribution in [2.24, 2.45) is 5.10 Å². The minimum absolute atomic E-state index is 0.379. The highest BCUT2D eigenvalue weighted by Gasteiger charge is 2.15. The number of carbonyl (C=O) groups is 1. The van der Waals surface area contributed by atoms with Crippen molar-refractivity contribution in [2.45, 2.75) is 0 Å². The number of nitrogens with zero attached hydrogens (tertiary/aromatic N) is 1. The van der Waals surface area contributed by atoms with Crippen LogP contribution < -0.4 is 29.1 Å². The fourth-order valence-electron chi connectivity index (χ4n) is 2.43. The first kappa shape index (κ1) is 19.9. The highest BCUT2D eigenvalue weighted by atomic mass is 16.5. The van der Waals surface area contributed by atoms with Gasteiger partial charge < -0.3 is 23.7 Å². The molecule has 1 N–H and O–H groups in total. The van der Waals surface area contributed by atoms with Crippen LogP contribution in [0, 0.1) is 0 Å². The molecule has 0 radical (unpaired) electrons. The molecule has 0 saturated heterocycles. The monoisotopic (exact) mass is 374 g/mol. The lowest BCUT2D eigenvalue weighted by Crippen LogP contribution is -2.17. The summed E-state index contributed by atoms with van der Waals surface area (Å²) in [6.07, 6.45) is 1.46. The second-order valence-corrected chi connectivity index (χ2v) is 5.19. The average molecular weight is 374 g/mol. The Morgan fingerprint density at radius 3 is 2.04 bits per heavy atom. The predicted octanol–water partition coefficient (Wildman–Crippen LogP) is 2.49. The number of amides is 1. The van der Waals surface area contributed by atoms with Crippen molar-refractivity contribution in [3.05, 3.63) is 41.5 Å². The van der Waals surface area contributed by atoms with Gasteiger partial charge in [0.05, 0.1) is 41.8 Å². The highest BCUT2D eigenvalue weighted by molar-refractivity contribution is 5.96. The van der Waals surface area contributed by atoms with Crippen LogP contribution in [0.15, 0.2) is 35.4 Å². The number of nitrogens with one attached hydrogen (secondary N) is 1. The molecule has 0 unspecified atom stereocenters. The second kappa shape index (κ2) is 9.33. The maximum Gasteiger partial charge on any atom is 0.271 e. The van der Waals surface area contributed by atoms with E-state index in [1.807, 2.05) is 0 Å². The number of hydrogen-bond donors (Lipinski definition) is 1. The van der Waals surface area contributed by atoms with Crippen molar-refractivity contribution in [3.63, 3.8) is 0 Å². The molecule has 2 aromatic rings. The van der Waals surface area contributed by atoms with Crippen molar-refractivity contribution in [3.8, 4) is 28.7 Å². The van der Waals surface area contributed by atoms with E-state index in [9.17, 15) is 4.79 Å². The smallest absolute Gasteiger partial charge is 0.271 e. The highest BCUT2D eigenvalue weighted by Crippen LogP contribution is 2.39. The lowest BCUT2D eigenvalue weighted by molar-refractivity contribution is 0.0954. The molecule has 0 spiro atoms. The van der Waals surface area contributed by atoms with E-state index in [2.05, 4.69) is 10.5 Å². The molecule has 0 aliphatic heterocycles. The van der Waals surface area contributed by atoms with E-state index in [4.69, 9.17) is 23.7 Å². The normalized spacial score (nSPS) is 10.4.